The molecule has 0 radical (unpaired) electrons. The van der Waals surface area contributed by atoms with Crippen LogP contribution in [0.1, 0.15) is 36.5 Å². The van der Waals surface area contributed by atoms with Crippen molar-refractivity contribution in [1.82, 2.24) is 9.80 Å². The summed E-state index contributed by atoms with van der Waals surface area (Å²) in [6, 6.07) is 4.77. The number of hydrogen-bond acceptors (Lipinski definition) is 7. The molecule has 1 amide bonds. The standard InChI is InChI=1S/C22H30N2O6S/c1-15(22(26)23(2)18-7-12-31(27,28)14-18)24-8-5-16(6-9-24)21(25)17-3-4-19-20(13-17)30-11-10-29-19/h3-4,13,15-16,18H,5-12,14H2,1-2H3/t15-,18+/m0/s1. The van der Waals surface area contributed by atoms with Crippen LogP contribution >= 0.6 is 0 Å². The van der Waals surface area contributed by atoms with Gasteiger partial charge in [0.1, 0.15) is 13.2 Å². The summed E-state index contributed by atoms with van der Waals surface area (Å²) in [5, 5.41) is 0. The quantitative estimate of drug-likeness (QED) is 0.626. The number of benzene rings is 1. The van der Waals surface area contributed by atoms with E-state index in [-0.39, 0.29) is 41.2 Å². The van der Waals surface area contributed by atoms with E-state index in [2.05, 4.69) is 4.90 Å². The fourth-order valence-corrected chi connectivity index (χ4v) is 6.47. The van der Waals surface area contributed by atoms with Crippen molar-refractivity contribution in [2.75, 3.05) is 44.9 Å². The third kappa shape index (κ3) is 4.72. The molecule has 4 rings (SSSR count). The molecule has 1 aromatic carbocycles. The van der Waals surface area contributed by atoms with Gasteiger partial charge in [-0.3, -0.25) is 14.5 Å². The van der Waals surface area contributed by atoms with Crippen molar-refractivity contribution in [2.24, 2.45) is 5.92 Å². The first-order valence-corrected chi connectivity index (χ1v) is 12.7. The largest absolute Gasteiger partial charge is 0.486 e. The van der Waals surface area contributed by atoms with Gasteiger partial charge in [-0.1, -0.05) is 0 Å². The molecule has 0 saturated carbocycles. The summed E-state index contributed by atoms with van der Waals surface area (Å²) >= 11 is 0. The summed E-state index contributed by atoms with van der Waals surface area (Å²) in [6.07, 6.45) is 1.88. The van der Waals surface area contributed by atoms with E-state index in [4.69, 9.17) is 9.47 Å². The minimum atomic E-state index is -3.04. The second-order valence-corrected chi connectivity index (χ2v) is 10.9. The van der Waals surface area contributed by atoms with Crippen LogP contribution in [0.4, 0.5) is 0 Å². The van der Waals surface area contributed by atoms with Gasteiger partial charge in [-0.2, -0.15) is 0 Å². The Bertz CT molecular complexity index is 955. The number of amides is 1. The van der Waals surface area contributed by atoms with E-state index in [0.717, 1.165) is 0 Å². The zero-order chi connectivity index (χ0) is 22.2. The molecule has 0 aromatic heterocycles. The van der Waals surface area contributed by atoms with Crippen LogP contribution in [-0.2, 0) is 14.6 Å². The highest BCUT2D eigenvalue weighted by molar-refractivity contribution is 7.91. The van der Waals surface area contributed by atoms with Crippen LogP contribution in [0.2, 0.25) is 0 Å². The van der Waals surface area contributed by atoms with E-state index in [1.807, 2.05) is 6.92 Å². The second kappa shape index (κ2) is 8.78. The number of fused-ring (bicyclic) bond motifs is 1. The topological polar surface area (TPSA) is 93.2 Å². The van der Waals surface area contributed by atoms with Gasteiger partial charge in [0, 0.05) is 24.6 Å². The first kappa shape index (κ1) is 22.1. The number of ether oxygens (including phenoxy) is 2. The van der Waals surface area contributed by atoms with Gasteiger partial charge in [0.05, 0.1) is 17.5 Å². The Morgan fingerprint density at radius 1 is 1.10 bits per heavy atom. The van der Waals surface area contributed by atoms with Gasteiger partial charge in [0.15, 0.2) is 27.1 Å². The van der Waals surface area contributed by atoms with E-state index in [9.17, 15) is 18.0 Å². The normalized spacial score (nSPS) is 24.5. The molecular formula is C22H30N2O6S. The third-order valence-electron chi connectivity index (χ3n) is 6.74. The zero-order valence-electron chi connectivity index (χ0n) is 18.1. The van der Waals surface area contributed by atoms with Crippen molar-refractivity contribution in [3.05, 3.63) is 23.8 Å². The highest BCUT2D eigenvalue weighted by Gasteiger charge is 2.36. The van der Waals surface area contributed by atoms with Gasteiger partial charge in [-0.05, 0) is 57.5 Å². The molecule has 0 aliphatic carbocycles. The lowest BCUT2D eigenvalue weighted by atomic mass is 9.88. The predicted octanol–water partition coefficient (Wildman–Crippen LogP) is 1.39. The van der Waals surface area contributed by atoms with Gasteiger partial charge >= 0.3 is 0 Å². The maximum Gasteiger partial charge on any atom is 0.239 e. The molecule has 2 atom stereocenters. The molecule has 0 N–H and O–H groups in total. The maximum absolute atomic E-state index is 13.0. The monoisotopic (exact) mass is 450 g/mol. The fraction of sp³-hybridized carbons (Fsp3) is 0.636. The van der Waals surface area contributed by atoms with Crippen LogP contribution in [0.3, 0.4) is 0 Å². The van der Waals surface area contributed by atoms with Crippen molar-refractivity contribution < 1.29 is 27.5 Å². The van der Waals surface area contributed by atoms with Crippen molar-refractivity contribution in [3.8, 4) is 11.5 Å². The average Bonchev–Trinajstić information content (AvgIpc) is 3.16. The van der Waals surface area contributed by atoms with Crippen LogP contribution in [0.15, 0.2) is 18.2 Å². The molecule has 3 aliphatic rings. The van der Waals surface area contributed by atoms with Crippen LogP contribution in [0.5, 0.6) is 11.5 Å². The summed E-state index contributed by atoms with van der Waals surface area (Å²) < 4.78 is 34.6. The summed E-state index contributed by atoms with van der Waals surface area (Å²) in [6.45, 7) is 4.18. The maximum atomic E-state index is 13.0. The molecule has 2 fully saturated rings. The second-order valence-electron chi connectivity index (χ2n) is 8.71. The number of hydrogen-bond donors (Lipinski definition) is 0. The molecule has 3 heterocycles. The van der Waals surface area contributed by atoms with Crippen LogP contribution in [-0.4, -0.2) is 86.8 Å². The van der Waals surface area contributed by atoms with Crippen molar-refractivity contribution >= 4 is 21.5 Å². The third-order valence-corrected chi connectivity index (χ3v) is 8.49. The number of rotatable bonds is 5. The number of piperidine rings is 1. The first-order valence-electron chi connectivity index (χ1n) is 10.9. The highest BCUT2D eigenvalue weighted by atomic mass is 32.2. The van der Waals surface area contributed by atoms with E-state index in [1.165, 1.54) is 0 Å². The molecule has 0 unspecified atom stereocenters. The van der Waals surface area contributed by atoms with Crippen LogP contribution in [0.25, 0.3) is 0 Å². The van der Waals surface area contributed by atoms with Gasteiger partial charge in [0.25, 0.3) is 0 Å². The Labute approximate surface area is 183 Å². The predicted molar refractivity (Wildman–Crippen MR) is 115 cm³/mol. The number of Topliss-reactive ketones (excluding diaryl/α,β-unsaturated/α-hetero) is 1. The number of carbonyl (C=O) groups is 2. The molecule has 170 valence electrons. The molecule has 8 nitrogen and oxygen atoms in total. The number of sulfone groups is 1. The van der Waals surface area contributed by atoms with E-state index < -0.39 is 9.84 Å². The number of carbonyl (C=O) groups excluding carboxylic acids is 2. The van der Waals surface area contributed by atoms with Crippen LogP contribution < -0.4 is 9.47 Å². The zero-order valence-corrected chi connectivity index (χ0v) is 18.9. The lowest BCUT2D eigenvalue weighted by Gasteiger charge is -2.37. The minimum Gasteiger partial charge on any atom is -0.486 e. The SMILES string of the molecule is C[C@@H](C(=O)N(C)[C@@H]1CCS(=O)(=O)C1)N1CCC(C(=O)c2ccc3c(c2)OCCO3)CC1. The lowest BCUT2D eigenvalue weighted by Crippen LogP contribution is -2.51. The summed E-state index contributed by atoms with van der Waals surface area (Å²) in [4.78, 5) is 29.6. The molecule has 0 bridgehead atoms. The number of likely N-dealkylation sites (N-methyl/N-ethyl adjacent to an activating group) is 1. The lowest BCUT2D eigenvalue weighted by molar-refractivity contribution is -0.137. The minimum absolute atomic E-state index is 0.0497. The Morgan fingerprint density at radius 2 is 1.77 bits per heavy atom. The highest BCUT2D eigenvalue weighted by Crippen LogP contribution is 2.33. The number of ketones is 1. The van der Waals surface area contributed by atoms with Gasteiger partial charge < -0.3 is 14.4 Å². The summed E-state index contributed by atoms with van der Waals surface area (Å²) in [5.74, 6) is 1.45. The van der Waals surface area contributed by atoms with Gasteiger partial charge in [-0.25, -0.2) is 8.42 Å². The molecule has 2 saturated heterocycles. The Hall–Kier alpha value is -2.13. The smallest absolute Gasteiger partial charge is 0.239 e. The molecule has 1 aromatic rings. The Kier molecular flexibility index (Phi) is 6.25. The Morgan fingerprint density at radius 3 is 2.42 bits per heavy atom. The molecule has 3 aliphatic heterocycles. The number of likely N-dealkylation sites (tertiary alicyclic amines) is 1. The van der Waals surface area contributed by atoms with Crippen molar-refractivity contribution in [2.45, 2.75) is 38.3 Å². The first-order chi connectivity index (χ1) is 14.7. The van der Waals surface area contributed by atoms with Crippen molar-refractivity contribution in [3.63, 3.8) is 0 Å². The average molecular weight is 451 g/mol. The fourth-order valence-electron chi connectivity index (χ4n) is 4.69. The summed E-state index contributed by atoms with van der Waals surface area (Å²) in [5.41, 5.74) is 0.633. The molecule has 31 heavy (non-hydrogen) atoms. The summed E-state index contributed by atoms with van der Waals surface area (Å²) in [7, 11) is -1.34. The van der Waals surface area contributed by atoms with E-state index in [0.29, 0.717) is 62.6 Å². The van der Waals surface area contributed by atoms with E-state index >= 15 is 0 Å². The van der Waals surface area contributed by atoms with E-state index in [1.54, 1.807) is 30.1 Å². The van der Waals surface area contributed by atoms with Crippen molar-refractivity contribution in [1.29, 1.82) is 0 Å². The molecular weight excluding hydrogens is 420 g/mol. The Balaban J connectivity index is 1.32. The molecule has 9 heteroatoms. The van der Waals surface area contributed by atoms with Gasteiger partial charge in [-0.15, -0.1) is 0 Å². The van der Waals surface area contributed by atoms with Gasteiger partial charge in [0.2, 0.25) is 5.91 Å². The molecule has 0 spiro atoms. The van der Waals surface area contributed by atoms with Crippen LogP contribution in [0, 0.1) is 5.92 Å². The number of nitrogens with zero attached hydrogens (tertiary/aromatic N) is 2.